The molecule has 0 radical (unpaired) electrons. The van der Waals surface area contributed by atoms with E-state index >= 15 is 0 Å². The highest BCUT2D eigenvalue weighted by Gasteiger charge is 2.90. The highest BCUT2D eigenvalue weighted by Crippen LogP contribution is 2.60. The third-order valence-corrected chi connectivity index (χ3v) is 3.24. The molecule has 0 heterocycles. The third kappa shape index (κ3) is 4.10. The van der Waals surface area contributed by atoms with Crippen molar-refractivity contribution in [2.75, 3.05) is 0 Å². The number of hydrogen-bond acceptors (Lipinski definition) is 1. The molecule has 0 aromatic rings. The molecule has 0 bridgehead atoms. The van der Waals surface area contributed by atoms with Crippen LogP contribution in [0.25, 0.3) is 0 Å². The lowest BCUT2D eigenvalue weighted by molar-refractivity contribution is -0.440. The van der Waals surface area contributed by atoms with Gasteiger partial charge in [0, 0.05) is 12.0 Å². The van der Waals surface area contributed by atoms with E-state index in [4.69, 9.17) is 5.11 Å². The first-order valence-electron chi connectivity index (χ1n) is 6.43. The maximum atomic E-state index is 13.3. The van der Waals surface area contributed by atoms with E-state index in [2.05, 4.69) is 0 Å². The Bertz CT molecular complexity index is 589. The highest BCUT2D eigenvalue weighted by atomic mass is 19.4. The Morgan fingerprint density at radius 1 is 0.741 bits per heavy atom. The van der Waals surface area contributed by atoms with E-state index in [1.54, 1.807) is 0 Å². The van der Waals surface area contributed by atoms with Gasteiger partial charge in [-0.1, -0.05) is 6.08 Å². The number of hydrogen-bond donors (Lipinski definition) is 1. The molecule has 0 aromatic carbocycles. The average Bonchev–Trinajstić information content (AvgIpc) is 2.44. The lowest BCUT2D eigenvalue weighted by atomic mass is 9.92. The Balaban J connectivity index is 5.94. The van der Waals surface area contributed by atoms with Crippen molar-refractivity contribution in [1.82, 2.24) is 0 Å². The van der Waals surface area contributed by atoms with Crippen LogP contribution in [-0.4, -0.2) is 46.9 Å². The number of aliphatic carboxylic acids is 1. The molecule has 0 aliphatic carbocycles. The lowest BCUT2D eigenvalue weighted by Gasteiger charge is -2.39. The van der Waals surface area contributed by atoms with Crippen LogP contribution in [0.3, 0.4) is 0 Å². The fraction of sp³-hybridized carbons (Fsp3) is 0.750. The summed E-state index contributed by atoms with van der Waals surface area (Å²) in [6.07, 6.45) is -11.0. The second-order valence-corrected chi connectivity index (χ2v) is 5.23. The first-order chi connectivity index (χ1) is 11.6. The molecule has 0 amide bonds. The van der Waals surface area contributed by atoms with Gasteiger partial charge in [-0.3, -0.25) is 0 Å². The van der Waals surface area contributed by atoms with Gasteiger partial charge < -0.3 is 5.11 Å². The van der Waals surface area contributed by atoms with Crippen molar-refractivity contribution in [1.29, 1.82) is 0 Å². The van der Waals surface area contributed by atoms with Crippen molar-refractivity contribution in [3.05, 3.63) is 11.6 Å². The van der Waals surface area contributed by atoms with E-state index in [0.29, 0.717) is 6.08 Å². The summed E-state index contributed by atoms with van der Waals surface area (Å²) < 4.78 is 166. The van der Waals surface area contributed by atoms with Crippen LogP contribution in [0, 0.1) is 0 Å². The van der Waals surface area contributed by atoms with Crippen LogP contribution in [0.5, 0.6) is 0 Å². The molecular weight excluding hydrogens is 423 g/mol. The quantitative estimate of drug-likeness (QED) is 0.404. The lowest BCUT2D eigenvalue weighted by Crippen LogP contribution is -2.70. The van der Waals surface area contributed by atoms with Crippen LogP contribution in [0.15, 0.2) is 11.6 Å². The van der Waals surface area contributed by atoms with Crippen LogP contribution < -0.4 is 0 Å². The highest BCUT2D eigenvalue weighted by molar-refractivity contribution is 5.85. The largest absolute Gasteiger partial charge is 0.478 e. The Labute approximate surface area is 141 Å². The molecule has 0 saturated heterocycles. The molecule has 1 N–H and O–H groups in total. The minimum atomic E-state index is -7.93. The summed E-state index contributed by atoms with van der Waals surface area (Å²) in [6.45, 7) is 0.755. The molecule has 0 aliphatic heterocycles. The molecule has 0 spiro atoms. The zero-order chi connectivity index (χ0) is 22.3. The first-order valence-corrected chi connectivity index (χ1v) is 6.43. The van der Waals surface area contributed by atoms with Crippen molar-refractivity contribution in [2.24, 2.45) is 0 Å². The summed E-state index contributed by atoms with van der Waals surface area (Å²) in [6, 6.07) is 0. The average molecular weight is 432 g/mol. The molecule has 0 saturated carbocycles. The van der Waals surface area contributed by atoms with Crippen molar-refractivity contribution < 1.29 is 67.0 Å². The predicted octanol–water partition coefficient (Wildman–Crippen LogP) is 5.54. The zero-order valence-electron chi connectivity index (χ0n) is 12.8. The number of rotatable bonds is 8. The van der Waals surface area contributed by atoms with E-state index in [0.717, 1.165) is 6.92 Å². The molecule has 0 atom stereocenters. The topological polar surface area (TPSA) is 37.3 Å². The SMILES string of the molecule is C/C(=C\CCC(F)(F)C(F)(F)C(F)(F)C(F)(F)C(F)(F)C(F)(F)F)C(=O)O. The monoisotopic (exact) mass is 432 g/mol. The minimum Gasteiger partial charge on any atom is -0.478 e. The zero-order valence-corrected chi connectivity index (χ0v) is 12.8. The van der Waals surface area contributed by atoms with Crippen molar-refractivity contribution in [2.45, 2.75) is 55.6 Å². The molecule has 0 fully saturated rings. The number of carbonyl (C=O) groups is 1. The van der Waals surface area contributed by atoms with Crippen molar-refractivity contribution >= 4 is 5.97 Å². The number of alkyl halides is 13. The Hall–Kier alpha value is -1.70. The van der Waals surface area contributed by atoms with Crippen LogP contribution >= 0.6 is 0 Å². The van der Waals surface area contributed by atoms with Gasteiger partial charge in [-0.15, -0.1) is 0 Å². The Kier molecular flexibility index (Phi) is 6.59. The fourth-order valence-electron chi connectivity index (χ4n) is 1.52. The third-order valence-electron chi connectivity index (χ3n) is 3.24. The van der Waals surface area contributed by atoms with Crippen molar-refractivity contribution in [3.63, 3.8) is 0 Å². The molecule has 0 aromatic heterocycles. The van der Waals surface area contributed by atoms with Gasteiger partial charge in [-0.25, -0.2) is 4.79 Å². The van der Waals surface area contributed by atoms with E-state index in [1.165, 1.54) is 0 Å². The number of carboxylic acid groups (broad SMARTS) is 1. The Morgan fingerprint density at radius 3 is 1.44 bits per heavy atom. The second kappa shape index (κ2) is 7.04. The summed E-state index contributed by atoms with van der Waals surface area (Å²) >= 11 is 0. The number of carboxylic acids is 1. The maximum Gasteiger partial charge on any atom is 0.460 e. The van der Waals surface area contributed by atoms with E-state index in [9.17, 15) is 61.9 Å². The van der Waals surface area contributed by atoms with Gasteiger partial charge in [0.1, 0.15) is 0 Å². The van der Waals surface area contributed by atoms with Gasteiger partial charge in [0.2, 0.25) is 0 Å². The molecule has 0 aliphatic rings. The molecule has 0 rings (SSSR count). The van der Waals surface area contributed by atoms with Gasteiger partial charge in [0.15, 0.2) is 0 Å². The van der Waals surface area contributed by atoms with Gasteiger partial charge in [-0.05, 0) is 13.3 Å². The standard InChI is InChI=1S/C12H9F13O2/c1-5(6(26)27)3-2-4-7(13,14)8(15,16)9(17,18)10(19,20)11(21,22)12(23,24)25/h3H,2,4H2,1H3,(H,26,27)/b5-3+. The summed E-state index contributed by atoms with van der Waals surface area (Å²) in [5.74, 6) is -38.8. The fourth-order valence-corrected chi connectivity index (χ4v) is 1.52. The minimum absolute atomic E-state index is 0.299. The summed E-state index contributed by atoms with van der Waals surface area (Å²) in [4.78, 5) is 10.3. The molecular formula is C12H9F13O2. The predicted molar refractivity (Wildman–Crippen MR) is 61.4 cm³/mol. The van der Waals surface area contributed by atoms with E-state index in [1.807, 2.05) is 0 Å². The number of allylic oxidation sites excluding steroid dienone is 1. The van der Waals surface area contributed by atoms with Crippen molar-refractivity contribution in [3.8, 4) is 0 Å². The van der Waals surface area contributed by atoms with Crippen LogP contribution in [0.1, 0.15) is 19.8 Å². The van der Waals surface area contributed by atoms with Crippen LogP contribution in [0.2, 0.25) is 0 Å². The smallest absolute Gasteiger partial charge is 0.460 e. The number of halogens is 13. The van der Waals surface area contributed by atoms with Gasteiger partial charge >= 0.3 is 41.8 Å². The van der Waals surface area contributed by atoms with Gasteiger partial charge in [0.25, 0.3) is 0 Å². The molecule has 2 nitrogen and oxygen atoms in total. The molecule has 15 heteroatoms. The van der Waals surface area contributed by atoms with Gasteiger partial charge in [-0.2, -0.15) is 57.1 Å². The van der Waals surface area contributed by atoms with E-state index < -0.39 is 60.2 Å². The van der Waals surface area contributed by atoms with E-state index in [-0.39, 0.29) is 0 Å². The van der Waals surface area contributed by atoms with Gasteiger partial charge in [0.05, 0.1) is 0 Å². The summed E-state index contributed by atoms with van der Waals surface area (Å²) in [7, 11) is 0. The summed E-state index contributed by atoms with van der Waals surface area (Å²) in [5, 5.41) is 8.36. The maximum absolute atomic E-state index is 13.3. The molecule has 160 valence electrons. The molecule has 0 unspecified atom stereocenters. The first kappa shape index (κ1) is 25.3. The Morgan fingerprint density at radius 2 is 1.11 bits per heavy atom. The second-order valence-electron chi connectivity index (χ2n) is 5.23. The summed E-state index contributed by atoms with van der Waals surface area (Å²) in [5.41, 5.74) is -0.741. The normalized spacial score (nSPS) is 15.9. The van der Waals surface area contributed by atoms with Crippen LogP contribution in [0.4, 0.5) is 57.1 Å². The molecule has 27 heavy (non-hydrogen) atoms. The van der Waals surface area contributed by atoms with Crippen LogP contribution in [-0.2, 0) is 4.79 Å².